The summed E-state index contributed by atoms with van der Waals surface area (Å²) >= 11 is 0. The first kappa shape index (κ1) is 15.3. The topological polar surface area (TPSA) is 52.7 Å². The molecule has 1 aliphatic carbocycles. The van der Waals surface area contributed by atoms with Crippen LogP contribution in [0.4, 0.5) is 0 Å². The molecule has 1 saturated heterocycles. The summed E-state index contributed by atoms with van der Waals surface area (Å²) in [5.41, 5.74) is 0. The van der Waals surface area contributed by atoms with E-state index in [1.807, 2.05) is 18.7 Å². The van der Waals surface area contributed by atoms with Gasteiger partial charge in [-0.25, -0.2) is 0 Å². The van der Waals surface area contributed by atoms with E-state index >= 15 is 0 Å². The van der Waals surface area contributed by atoms with E-state index in [2.05, 4.69) is 10.2 Å². The van der Waals surface area contributed by atoms with Gasteiger partial charge in [-0.1, -0.05) is 6.42 Å². The Bertz CT molecular complexity index is 353. The molecule has 1 heterocycles. The average Bonchev–Trinajstić information content (AvgIpc) is 2.51. The maximum absolute atomic E-state index is 12.2. The third-order valence-electron chi connectivity index (χ3n) is 4.17. The highest BCUT2D eigenvalue weighted by Gasteiger charge is 2.30. The van der Waals surface area contributed by atoms with Gasteiger partial charge in [0, 0.05) is 38.1 Å². The first-order chi connectivity index (χ1) is 9.56. The van der Waals surface area contributed by atoms with E-state index in [1.54, 1.807) is 0 Å². The molecule has 114 valence electrons. The predicted octanol–water partition coefficient (Wildman–Crippen LogP) is 0.845. The Labute approximate surface area is 121 Å². The summed E-state index contributed by atoms with van der Waals surface area (Å²) in [7, 11) is 0. The van der Waals surface area contributed by atoms with E-state index in [4.69, 9.17) is 0 Å². The van der Waals surface area contributed by atoms with E-state index in [0.717, 1.165) is 45.4 Å². The standard InChI is InChI=1S/C15H27N3O2/c1-12(2)16-14(19)11-17-7-4-8-18(10-9-17)15(20)13-5-3-6-13/h12-13H,3-11H2,1-2H3,(H,16,19). The van der Waals surface area contributed by atoms with E-state index in [0.29, 0.717) is 12.5 Å². The molecule has 2 aliphatic rings. The van der Waals surface area contributed by atoms with Crippen LogP contribution in [0.2, 0.25) is 0 Å². The lowest BCUT2D eigenvalue weighted by Gasteiger charge is -2.31. The van der Waals surface area contributed by atoms with Crippen LogP contribution in [0, 0.1) is 5.92 Å². The van der Waals surface area contributed by atoms with Gasteiger partial charge in [0.25, 0.3) is 0 Å². The molecule has 2 fully saturated rings. The first-order valence-electron chi connectivity index (χ1n) is 7.87. The number of nitrogens with one attached hydrogen (secondary N) is 1. The lowest BCUT2D eigenvalue weighted by Crippen LogP contribution is -2.43. The second-order valence-corrected chi connectivity index (χ2v) is 6.31. The molecule has 2 rings (SSSR count). The Morgan fingerprint density at radius 2 is 1.85 bits per heavy atom. The summed E-state index contributed by atoms with van der Waals surface area (Å²) in [6, 6.07) is 0.186. The molecule has 2 amide bonds. The normalized spacial score (nSPS) is 21.4. The van der Waals surface area contributed by atoms with Crippen LogP contribution in [0.1, 0.15) is 39.5 Å². The molecule has 0 aromatic heterocycles. The summed E-state index contributed by atoms with van der Waals surface area (Å²) < 4.78 is 0. The summed E-state index contributed by atoms with van der Waals surface area (Å²) in [5.74, 6) is 0.703. The molecule has 20 heavy (non-hydrogen) atoms. The van der Waals surface area contributed by atoms with Crippen LogP contribution in [-0.4, -0.2) is 60.4 Å². The smallest absolute Gasteiger partial charge is 0.234 e. The zero-order valence-corrected chi connectivity index (χ0v) is 12.7. The fraction of sp³-hybridized carbons (Fsp3) is 0.867. The van der Waals surface area contributed by atoms with Crippen LogP contribution in [0.15, 0.2) is 0 Å². The number of hydrogen-bond acceptors (Lipinski definition) is 3. The van der Waals surface area contributed by atoms with Crippen molar-refractivity contribution in [3.63, 3.8) is 0 Å². The summed E-state index contributed by atoms with van der Waals surface area (Å²) in [6.45, 7) is 7.72. The Morgan fingerprint density at radius 1 is 1.10 bits per heavy atom. The van der Waals surface area contributed by atoms with Crippen molar-refractivity contribution in [1.82, 2.24) is 15.1 Å². The largest absolute Gasteiger partial charge is 0.353 e. The minimum absolute atomic E-state index is 0.0822. The third kappa shape index (κ3) is 4.20. The fourth-order valence-electron chi connectivity index (χ4n) is 2.83. The minimum atomic E-state index is 0.0822. The molecule has 0 unspecified atom stereocenters. The van der Waals surface area contributed by atoms with E-state index in [-0.39, 0.29) is 17.9 Å². The van der Waals surface area contributed by atoms with Gasteiger partial charge in [-0.2, -0.15) is 0 Å². The number of carbonyl (C=O) groups is 2. The van der Waals surface area contributed by atoms with Crippen LogP contribution in [-0.2, 0) is 9.59 Å². The second-order valence-electron chi connectivity index (χ2n) is 6.31. The molecule has 1 N–H and O–H groups in total. The van der Waals surface area contributed by atoms with Gasteiger partial charge < -0.3 is 10.2 Å². The van der Waals surface area contributed by atoms with Crippen molar-refractivity contribution in [2.24, 2.45) is 5.92 Å². The Balaban J connectivity index is 1.76. The Hall–Kier alpha value is -1.10. The molecule has 0 radical (unpaired) electrons. The molecule has 5 nitrogen and oxygen atoms in total. The average molecular weight is 281 g/mol. The predicted molar refractivity (Wildman–Crippen MR) is 78.3 cm³/mol. The molecule has 1 aliphatic heterocycles. The van der Waals surface area contributed by atoms with Crippen molar-refractivity contribution < 1.29 is 9.59 Å². The Kier molecular flexibility index (Phi) is 5.40. The van der Waals surface area contributed by atoms with Gasteiger partial charge in [-0.3, -0.25) is 14.5 Å². The third-order valence-corrected chi connectivity index (χ3v) is 4.17. The van der Waals surface area contributed by atoms with Crippen LogP contribution < -0.4 is 5.32 Å². The number of nitrogens with zero attached hydrogens (tertiary/aromatic N) is 2. The van der Waals surface area contributed by atoms with Crippen LogP contribution in [0.25, 0.3) is 0 Å². The van der Waals surface area contributed by atoms with Crippen molar-refractivity contribution >= 4 is 11.8 Å². The van der Waals surface area contributed by atoms with Crippen molar-refractivity contribution in [3.05, 3.63) is 0 Å². The van der Waals surface area contributed by atoms with E-state index in [9.17, 15) is 9.59 Å². The quantitative estimate of drug-likeness (QED) is 0.831. The number of amides is 2. The summed E-state index contributed by atoms with van der Waals surface area (Å²) in [5, 5.41) is 2.92. The van der Waals surface area contributed by atoms with Gasteiger partial charge in [0.1, 0.15) is 0 Å². The number of hydrogen-bond donors (Lipinski definition) is 1. The van der Waals surface area contributed by atoms with Crippen molar-refractivity contribution in [2.45, 2.75) is 45.6 Å². The van der Waals surface area contributed by atoms with E-state index in [1.165, 1.54) is 6.42 Å². The van der Waals surface area contributed by atoms with Gasteiger partial charge in [0.2, 0.25) is 11.8 Å². The molecular formula is C15H27N3O2. The first-order valence-corrected chi connectivity index (χ1v) is 7.87. The molecule has 0 aromatic rings. The van der Waals surface area contributed by atoms with Crippen LogP contribution >= 0.6 is 0 Å². The van der Waals surface area contributed by atoms with Crippen LogP contribution in [0.5, 0.6) is 0 Å². The molecular weight excluding hydrogens is 254 g/mol. The SMILES string of the molecule is CC(C)NC(=O)CN1CCCN(C(=O)C2CCC2)CC1. The molecule has 0 atom stereocenters. The minimum Gasteiger partial charge on any atom is -0.353 e. The van der Waals surface area contributed by atoms with Crippen LogP contribution in [0.3, 0.4) is 0 Å². The molecule has 0 bridgehead atoms. The molecule has 0 spiro atoms. The summed E-state index contributed by atoms with van der Waals surface area (Å²) in [6.07, 6.45) is 4.30. The zero-order chi connectivity index (χ0) is 14.5. The highest BCUT2D eigenvalue weighted by atomic mass is 16.2. The highest BCUT2D eigenvalue weighted by Crippen LogP contribution is 2.28. The van der Waals surface area contributed by atoms with Gasteiger partial charge in [0.05, 0.1) is 6.54 Å². The lowest BCUT2D eigenvalue weighted by atomic mass is 9.84. The number of carbonyl (C=O) groups excluding carboxylic acids is 2. The van der Waals surface area contributed by atoms with Gasteiger partial charge in [0.15, 0.2) is 0 Å². The molecule has 5 heteroatoms. The van der Waals surface area contributed by atoms with E-state index < -0.39 is 0 Å². The molecule has 0 aromatic carbocycles. The van der Waals surface area contributed by atoms with Crippen molar-refractivity contribution in [2.75, 3.05) is 32.7 Å². The molecule has 1 saturated carbocycles. The van der Waals surface area contributed by atoms with Gasteiger partial charge in [-0.15, -0.1) is 0 Å². The zero-order valence-electron chi connectivity index (χ0n) is 12.7. The fourth-order valence-corrected chi connectivity index (χ4v) is 2.83. The monoisotopic (exact) mass is 281 g/mol. The maximum Gasteiger partial charge on any atom is 0.234 e. The van der Waals surface area contributed by atoms with Crippen molar-refractivity contribution in [3.8, 4) is 0 Å². The highest BCUT2D eigenvalue weighted by molar-refractivity contribution is 5.80. The lowest BCUT2D eigenvalue weighted by molar-refractivity contribution is -0.138. The summed E-state index contributed by atoms with van der Waals surface area (Å²) in [4.78, 5) is 28.2. The maximum atomic E-state index is 12.2. The second kappa shape index (κ2) is 7.07. The van der Waals surface area contributed by atoms with Crippen molar-refractivity contribution in [1.29, 1.82) is 0 Å². The Morgan fingerprint density at radius 3 is 2.45 bits per heavy atom. The number of rotatable bonds is 4. The van der Waals surface area contributed by atoms with Gasteiger partial charge in [-0.05, 0) is 33.1 Å². The van der Waals surface area contributed by atoms with Gasteiger partial charge >= 0.3 is 0 Å².